The zero-order valence-electron chi connectivity index (χ0n) is 15.0. The molecule has 7 heteroatoms. The third-order valence-corrected chi connectivity index (χ3v) is 3.92. The van der Waals surface area contributed by atoms with E-state index in [1.54, 1.807) is 0 Å². The van der Waals surface area contributed by atoms with Crippen LogP contribution in [0.15, 0.2) is 4.99 Å². The number of likely N-dealkylation sites (N-methyl/N-ethyl adjacent to an activating group) is 2. The number of halogens is 1. The topological polar surface area (TPSA) is 57.2 Å². The summed E-state index contributed by atoms with van der Waals surface area (Å²) in [5, 5.41) is 3.25. The molecular formula is C16H33IN4O2. The highest BCUT2D eigenvalue weighted by Gasteiger charge is 2.17. The number of hydrogen-bond acceptors (Lipinski definition) is 3. The molecule has 1 unspecified atom stereocenters. The second kappa shape index (κ2) is 12.8. The molecule has 0 aromatic carbocycles. The molecule has 1 fully saturated rings. The van der Waals surface area contributed by atoms with Crippen LogP contribution in [-0.4, -0.2) is 74.1 Å². The van der Waals surface area contributed by atoms with Crippen molar-refractivity contribution < 1.29 is 9.53 Å². The molecule has 1 aliphatic heterocycles. The van der Waals surface area contributed by atoms with Crippen LogP contribution in [0.5, 0.6) is 0 Å². The molecule has 6 nitrogen and oxygen atoms in total. The zero-order chi connectivity index (χ0) is 16.4. The van der Waals surface area contributed by atoms with Crippen LogP contribution in [0, 0.1) is 0 Å². The molecule has 1 heterocycles. The third kappa shape index (κ3) is 8.19. The van der Waals surface area contributed by atoms with Crippen molar-refractivity contribution in [1.29, 1.82) is 0 Å². The van der Waals surface area contributed by atoms with E-state index in [2.05, 4.69) is 10.3 Å². The van der Waals surface area contributed by atoms with Gasteiger partial charge in [-0.3, -0.25) is 9.79 Å². The lowest BCUT2D eigenvalue weighted by atomic mass is 10.2. The van der Waals surface area contributed by atoms with Crippen molar-refractivity contribution in [2.75, 3.05) is 46.4 Å². The minimum absolute atomic E-state index is 0. The highest BCUT2D eigenvalue weighted by atomic mass is 127. The molecule has 0 spiro atoms. The second-order valence-corrected chi connectivity index (χ2v) is 5.58. The van der Waals surface area contributed by atoms with Gasteiger partial charge in [-0.15, -0.1) is 24.0 Å². The van der Waals surface area contributed by atoms with Crippen LogP contribution >= 0.6 is 24.0 Å². The summed E-state index contributed by atoms with van der Waals surface area (Å²) in [7, 11) is 1.91. The number of hydrogen-bond donors (Lipinski definition) is 1. The lowest BCUT2D eigenvalue weighted by Crippen LogP contribution is -2.45. The van der Waals surface area contributed by atoms with Crippen LogP contribution in [0.1, 0.15) is 40.0 Å². The van der Waals surface area contributed by atoms with Crippen LogP contribution in [-0.2, 0) is 9.53 Å². The fourth-order valence-corrected chi connectivity index (χ4v) is 2.61. The van der Waals surface area contributed by atoms with E-state index in [9.17, 15) is 4.79 Å². The highest BCUT2D eigenvalue weighted by Crippen LogP contribution is 2.14. The van der Waals surface area contributed by atoms with Crippen molar-refractivity contribution in [2.45, 2.75) is 46.1 Å². The molecule has 0 bridgehead atoms. The molecule has 0 radical (unpaired) electrons. The third-order valence-electron chi connectivity index (χ3n) is 3.92. The average molecular weight is 440 g/mol. The van der Waals surface area contributed by atoms with E-state index in [0.29, 0.717) is 12.6 Å². The minimum atomic E-state index is 0. The van der Waals surface area contributed by atoms with E-state index in [0.717, 1.165) is 58.0 Å². The van der Waals surface area contributed by atoms with Gasteiger partial charge in [-0.25, -0.2) is 0 Å². The molecule has 1 N–H and O–H groups in total. The molecule has 0 saturated carbocycles. The van der Waals surface area contributed by atoms with Crippen LogP contribution in [0.2, 0.25) is 0 Å². The number of nitrogens with zero attached hydrogens (tertiary/aromatic N) is 3. The van der Waals surface area contributed by atoms with Gasteiger partial charge in [0.2, 0.25) is 5.91 Å². The van der Waals surface area contributed by atoms with Crippen LogP contribution in [0.4, 0.5) is 0 Å². The van der Waals surface area contributed by atoms with Gasteiger partial charge in [-0.1, -0.05) is 0 Å². The summed E-state index contributed by atoms with van der Waals surface area (Å²) < 4.78 is 5.62. The first-order valence-corrected chi connectivity index (χ1v) is 8.51. The summed E-state index contributed by atoms with van der Waals surface area (Å²) in [5.41, 5.74) is 0. The lowest BCUT2D eigenvalue weighted by Gasteiger charge is -2.25. The Labute approximate surface area is 158 Å². The van der Waals surface area contributed by atoms with Crippen molar-refractivity contribution in [3.63, 3.8) is 0 Å². The second-order valence-electron chi connectivity index (χ2n) is 5.58. The Morgan fingerprint density at radius 2 is 2.00 bits per heavy atom. The van der Waals surface area contributed by atoms with E-state index in [1.165, 1.54) is 0 Å². The number of amides is 1. The zero-order valence-corrected chi connectivity index (χ0v) is 17.3. The van der Waals surface area contributed by atoms with Gasteiger partial charge in [-0.05, 0) is 40.0 Å². The van der Waals surface area contributed by atoms with Crippen molar-refractivity contribution in [3.8, 4) is 0 Å². The number of nitrogens with one attached hydrogen (secondary N) is 1. The fourth-order valence-electron chi connectivity index (χ4n) is 2.61. The van der Waals surface area contributed by atoms with E-state index in [-0.39, 0.29) is 29.9 Å². The summed E-state index contributed by atoms with van der Waals surface area (Å²) >= 11 is 0. The normalized spacial score (nSPS) is 17.6. The summed E-state index contributed by atoms with van der Waals surface area (Å²) in [5.74, 6) is 0.929. The first kappa shape index (κ1) is 22.4. The molecule has 0 aromatic rings. The smallest absolute Gasteiger partial charge is 0.242 e. The van der Waals surface area contributed by atoms with Crippen molar-refractivity contribution in [1.82, 2.24) is 15.1 Å². The summed E-state index contributed by atoms with van der Waals surface area (Å²) in [6, 6.07) is 0. The highest BCUT2D eigenvalue weighted by molar-refractivity contribution is 14.0. The Bertz CT molecular complexity index is 356. The Hall–Kier alpha value is -0.570. The van der Waals surface area contributed by atoms with Gasteiger partial charge in [0.15, 0.2) is 5.96 Å². The number of guanidine groups is 1. The van der Waals surface area contributed by atoms with Crippen molar-refractivity contribution in [2.24, 2.45) is 4.99 Å². The number of carbonyl (C=O) groups excluding carboxylic acids is 1. The van der Waals surface area contributed by atoms with E-state index >= 15 is 0 Å². The first-order valence-electron chi connectivity index (χ1n) is 8.51. The largest absolute Gasteiger partial charge is 0.378 e. The molecule has 1 saturated heterocycles. The fraction of sp³-hybridized carbons (Fsp3) is 0.875. The maximum atomic E-state index is 12.2. The Kier molecular flexibility index (Phi) is 12.5. The maximum Gasteiger partial charge on any atom is 0.242 e. The summed E-state index contributed by atoms with van der Waals surface area (Å²) in [4.78, 5) is 20.6. The van der Waals surface area contributed by atoms with Crippen LogP contribution < -0.4 is 5.32 Å². The van der Waals surface area contributed by atoms with E-state index in [1.807, 2.05) is 37.6 Å². The number of carbonyl (C=O) groups is 1. The maximum absolute atomic E-state index is 12.2. The predicted octanol–water partition coefficient (Wildman–Crippen LogP) is 1.94. The van der Waals surface area contributed by atoms with Gasteiger partial charge in [-0.2, -0.15) is 0 Å². The molecule has 136 valence electrons. The molecule has 1 amide bonds. The van der Waals surface area contributed by atoms with E-state index in [4.69, 9.17) is 4.74 Å². The Morgan fingerprint density at radius 1 is 1.30 bits per heavy atom. The Morgan fingerprint density at radius 3 is 2.52 bits per heavy atom. The molecule has 0 aromatic heterocycles. The molecule has 23 heavy (non-hydrogen) atoms. The van der Waals surface area contributed by atoms with Gasteiger partial charge < -0.3 is 19.9 Å². The van der Waals surface area contributed by atoms with Crippen LogP contribution in [0.3, 0.4) is 0 Å². The van der Waals surface area contributed by atoms with Gasteiger partial charge >= 0.3 is 0 Å². The Balaban J connectivity index is 0.00000484. The average Bonchev–Trinajstić information content (AvgIpc) is 3.00. The molecule has 1 atom stereocenters. The quantitative estimate of drug-likeness (QED) is 0.356. The monoisotopic (exact) mass is 440 g/mol. The van der Waals surface area contributed by atoms with Gasteiger partial charge in [0, 0.05) is 39.8 Å². The summed E-state index contributed by atoms with van der Waals surface area (Å²) in [6.07, 6.45) is 3.61. The van der Waals surface area contributed by atoms with Crippen molar-refractivity contribution >= 4 is 35.8 Å². The molecule has 0 aliphatic carbocycles. The standard InChI is InChI=1S/C16H32N4O2.HI/c1-5-17-16(18-11-10-14-9-8-12-22-14)19(4)13-15(21)20(6-2)7-3;/h14H,5-13H2,1-4H3,(H,17,18);1H. The molecule has 1 aliphatic rings. The van der Waals surface area contributed by atoms with Gasteiger partial charge in [0.25, 0.3) is 0 Å². The molecular weight excluding hydrogens is 407 g/mol. The van der Waals surface area contributed by atoms with Gasteiger partial charge in [0.05, 0.1) is 12.6 Å². The van der Waals surface area contributed by atoms with E-state index < -0.39 is 0 Å². The SMILES string of the molecule is CCNC(=NCCC1CCCO1)N(C)CC(=O)N(CC)CC.I. The first-order chi connectivity index (χ1) is 10.6. The number of aliphatic imine (C=N–C) groups is 1. The van der Waals surface area contributed by atoms with Gasteiger partial charge in [0.1, 0.15) is 0 Å². The number of ether oxygens (including phenoxy) is 1. The molecule has 1 rings (SSSR count). The predicted molar refractivity (Wildman–Crippen MR) is 106 cm³/mol. The minimum Gasteiger partial charge on any atom is -0.378 e. The number of rotatable bonds is 8. The summed E-state index contributed by atoms with van der Waals surface area (Å²) in [6.45, 7) is 10.3. The van der Waals surface area contributed by atoms with Crippen molar-refractivity contribution in [3.05, 3.63) is 0 Å². The van der Waals surface area contributed by atoms with Crippen LogP contribution in [0.25, 0.3) is 0 Å². The lowest BCUT2D eigenvalue weighted by molar-refractivity contribution is -0.131.